The highest BCUT2D eigenvalue weighted by Crippen LogP contribution is 2.34. The summed E-state index contributed by atoms with van der Waals surface area (Å²) in [5, 5.41) is 1.96. The van der Waals surface area contributed by atoms with Gasteiger partial charge >= 0.3 is 5.97 Å². The van der Waals surface area contributed by atoms with Gasteiger partial charge in [0.1, 0.15) is 0 Å². The third-order valence-corrected chi connectivity index (χ3v) is 4.58. The number of benzene rings is 3. The summed E-state index contributed by atoms with van der Waals surface area (Å²) in [5.41, 5.74) is 0.219. The summed E-state index contributed by atoms with van der Waals surface area (Å²) in [7, 11) is 1.50. The number of terminal acetylenes is 1. The number of hydrogen-bond donors (Lipinski definition) is 0. The fourth-order valence-corrected chi connectivity index (χ4v) is 2.99. The number of fused-ring (bicyclic) bond motifs is 1. The standard InChI is InChI=1S/C23H20O3/c1-4-21(18-12-6-5-7-13-18)26-22(24)23(2,25-3)20-16-10-14-17-11-8-9-15-19(17)20/h1,5-16,21H,2-3H3/t21-,23-/m0/s1. The maximum absolute atomic E-state index is 13.0. The lowest BCUT2D eigenvalue weighted by Crippen LogP contribution is -2.37. The van der Waals surface area contributed by atoms with Crippen molar-refractivity contribution >= 4 is 16.7 Å². The minimum absolute atomic E-state index is 0.525. The Kier molecular flexibility index (Phi) is 5.06. The molecule has 3 nitrogen and oxygen atoms in total. The second-order valence-corrected chi connectivity index (χ2v) is 6.13. The molecule has 0 heterocycles. The summed E-state index contributed by atoms with van der Waals surface area (Å²) in [6.07, 6.45) is 4.83. The highest BCUT2D eigenvalue weighted by atomic mass is 16.6. The molecule has 0 radical (unpaired) electrons. The van der Waals surface area contributed by atoms with Crippen LogP contribution in [0.3, 0.4) is 0 Å². The van der Waals surface area contributed by atoms with Gasteiger partial charge < -0.3 is 9.47 Å². The van der Waals surface area contributed by atoms with Gasteiger partial charge in [0.15, 0.2) is 11.7 Å². The summed E-state index contributed by atoms with van der Waals surface area (Å²) >= 11 is 0. The maximum Gasteiger partial charge on any atom is 0.344 e. The molecule has 2 atom stereocenters. The van der Waals surface area contributed by atoms with Gasteiger partial charge in [-0.2, -0.15) is 0 Å². The van der Waals surface area contributed by atoms with Crippen molar-refractivity contribution in [2.75, 3.05) is 7.11 Å². The Morgan fingerprint density at radius 3 is 2.35 bits per heavy atom. The van der Waals surface area contributed by atoms with Gasteiger partial charge in [-0.15, -0.1) is 6.42 Å². The average molecular weight is 344 g/mol. The fraction of sp³-hybridized carbons (Fsp3) is 0.174. The molecule has 3 aromatic carbocycles. The number of carbonyl (C=O) groups excluding carboxylic acids is 1. The summed E-state index contributed by atoms with van der Waals surface area (Å²) in [6, 6.07) is 22.9. The van der Waals surface area contributed by atoms with E-state index in [0.29, 0.717) is 0 Å². The summed E-state index contributed by atoms with van der Waals surface area (Å²) in [6.45, 7) is 1.70. The zero-order valence-electron chi connectivity index (χ0n) is 14.8. The second-order valence-electron chi connectivity index (χ2n) is 6.13. The molecule has 0 aliphatic heterocycles. The van der Waals surface area contributed by atoms with E-state index in [1.165, 1.54) is 7.11 Å². The highest BCUT2D eigenvalue weighted by Gasteiger charge is 2.39. The SMILES string of the molecule is C#C[C@H](OC(=O)[C@@](C)(OC)c1cccc2ccccc12)c1ccccc1. The van der Waals surface area contributed by atoms with E-state index in [9.17, 15) is 4.79 Å². The van der Waals surface area contributed by atoms with Crippen LogP contribution in [0, 0.1) is 12.3 Å². The molecule has 0 aliphatic carbocycles. The molecule has 0 spiro atoms. The number of carbonyl (C=O) groups is 1. The van der Waals surface area contributed by atoms with E-state index in [0.717, 1.165) is 21.9 Å². The molecular weight excluding hydrogens is 324 g/mol. The minimum Gasteiger partial charge on any atom is -0.442 e. The smallest absolute Gasteiger partial charge is 0.344 e. The number of esters is 1. The molecule has 0 unspecified atom stereocenters. The molecule has 0 aliphatic rings. The van der Waals surface area contributed by atoms with Crippen LogP contribution in [0.2, 0.25) is 0 Å². The Morgan fingerprint density at radius 1 is 1.00 bits per heavy atom. The normalized spacial score (nSPS) is 14.2. The van der Waals surface area contributed by atoms with Crippen LogP contribution < -0.4 is 0 Å². The first-order valence-corrected chi connectivity index (χ1v) is 8.35. The van der Waals surface area contributed by atoms with E-state index in [1.807, 2.05) is 72.8 Å². The van der Waals surface area contributed by atoms with Crippen molar-refractivity contribution in [3.8, 4) is 12.3 Å². The lowest BCUT2D eigenvalue weighted by molar-refractivity contribution is -0.171. The van der Waals surface area contributed by atoms with Crippen molar-refractivity contribution in [3.05, 3.63) is 83.9 Å². The van der Waals surface area contributed by atoms with Crippen LogP contribution in [0.5, 0.6) is 0 Å². The van der Waals surface area contributed by atoms with Gasteiger partial charge in [0, 0.05) is 18.2 Å². The third kappa shape index (κ3) is 3.20. The first-order chi connectivity index (χ1) is 12.6. The van der Waals surface area contributed by atoms with E-state index in [4.69, 9.17) is 15.9 Å². The Morgan fingerprint density at radius 2 is 1.65 bits per heavy atom. The van der Waals surface area contributed by atoms with Crippen molar-refractivity contribution in [2.45, 2.75) is 18.6 Å². The van der Waals surface area contributed by atoms with Gasteiger partial charge in [-0.25, -0.2) is 4.79 Å². The first kappa shape index (κ1) is 17.7. The molecule has 3 aromatic rings. The molecule has 0 N–H and O–H groups in total. The van der Waals surface area contributed by atoms with Crippen LogP contribution >= 0.6 is 0 Å². The largest absolute Gasteiger partial charge is 0.442 e. The zero-order valence-corrected chi connectivity index (χ0v) is 14.8. The van der Waals surface area contributed by atoms with E-state index >= 15 is 0 Å². The molecule has 0 aromatic heterocycles. The van der Waals surface area contributed by atoms with E-state index in [-0.39, 0.29) is 0 Å². The molecule has 130 valence electrons. The topological polar surface area (TPSA) is 35.5 Å². The van der Waals surface area contributed by atoms with Gasteiger partial charge in [-0.1, -0.05) is 78.7 Å². The van der Waals surface area contributed by atoms with Crippen molar-refractivity contribution in [1.29, 1.82) is 0 Å². The molecule has 26 heavy (non-hydrogen) atoms. The fourth-order valence-electron chi connectivity index (χ4n) is 2.99. The van der Waals surface area contributed by atoms with Crippen molar-refractivity contribution in [3.63, 3.8) is 0 Å². The van der Waals surface area contributed by atoms with Crippen LogP contribution in [0.25, 0.3) is 10.8 Å². The quantitative estimate of drug-likeness (QED) is 0.500. The van der Waals surface area contributed by atoms with Crippen molar-refractivity contribution in [2.24, 2.45) is 0 Å². The number of ether oxygens (including phenoxy) is 2. The minimum atomic E-state index is -1.27. The van der Waals surface area contributed by atoms with Gasteiger partial charge in [-0.3, -0.25) is 0 Å². The number of hydrogen-bond acceptors (Lipinski definition) is 3. The van der Waals surface area contributed by atoms with Crippen molar-refractivity contribution < 1.29 is 14.3 Å². The molecule has 3 rings (SSSR count). The highest BCUT2D eigenvalue weighted by molar-refractivity contribution is 5.92. The molecule has 0 amide bonds. The Balaban J connectivity index is 1.98. The van der Waals surface area contributed by atoms with Gasteiger partial charge in [0.2, 0.25) is 0 Å². The Bertz CT molecular complexity index is 951. The number of rotatable bonds is 5. The molecule has 0 saturated heterocycles. The van der Waals surface area contributed by atoms with E-state index < -0.39 is 17.7 Å². The lowest BCUT2D eigenvalue weighted by Gasteiger charge is -2.29. The van der Waals surface area contributed by atoms with Gasteiger partial charge in [0.25, 0.3) is 0 Å². The molecule has 0 bridgehead atoms. The predicted molar refractivity (Wildman–Crippen MR) is 102 cm³/mol. The van der Waals surface area contributed by atoms with E-state index in [2.05, 4.69) is 5.92 Å². The lowest BCUT2D eigenvalue weighted by atomic mass is 9.90. The van der Waals surface area contributed by atoms with Crippen LogP contribution in [-0.2, 0) is 19.9 Å². The third-order valence-electron chi connectivity index (χ3n) is 4.58. The molecule has 3 heteroatoms. The molecule has 0 fully saturated rings. The van der Waals surface area contributed by atoms with Crippen LogP contribution in [-0.4, -0.2) is 13.1 Å². The van der Waals surface area contributed by atoms with Crippen molar-refractivity contribution in [1.82, 2.24) is 0 Å². The monoisotopic (exact) mass is 344 g/mol. The van der Waals surface area contributed by atoms with Crippen LogP contribution in [0.1, 0.15) is 24.2 Å². The average Bonchev–Trinajstić information content (AvgIpc) is 2.71. The second kappa shape index (κ2) is 7.43. The Labute approximate surface area is 153 Å². The number of methoxy groups -OCH3 is 1. The molecular formula is C23H20O3. The zero-order chi connectivity index (χ0) is 18.6. The predicted octanol–water partition coefficient (Wildman–Crippen LogP) is 4.62. The van der Waals surface area contributed by atoms with Crippen LogP contribution in [0.4, 0.5) is 0 Å². The van der Waals surface area contributed by atoms with E-state index in [1.54, 1.807) is 6.92 Å². The summed E-state index contributed by atoms with van der Waals surface area (Å²) in [5.74, 6) is 2.01. The van der Waals surface area contributed by atoms with Gasteiger partial charge in [0.05, 0.1) is 0 Å². The first-order valence-electron chi connectivity index (χ1n) is 8.35. The molecule has 0 saturated carbocycles. The summed E-state index contributed by atoms with van der Waals surface area (Å²) < 4.78 is 11.3. The summed E-state index contributed by atoms with van der Waals surface area (Å²) in [4.78, 5) is 13.0. The Hall–Kier alpha value is -3.09. The maximum atomic E-state index is 13.0. The van der Waals surface area contributed by atoms with Crippen LogP contribution in [0.15, 0.2) is 72.8 Å². The van der Waals surface area contributed by atoms with Gasteiger partial charge in [-0.05, 0) is 17.7 Å².